The van der Waals surface area contributed by atoms with Crippen LogP contribution in [0.1, 0.15) is 22.3 Å². The van der Waals surface area contributed by atoms with E-state index in [0.717, 1.165) is 33.1 Å². The van der Waals surface area contributed by atoms with Crippen LogP contribution in [0, 0.1) is 12.1 Å². The van der Waals surface area contributed by atoms with Crippen molar-refractivity contribution in [3.63, 3.8) is 0 Å². The van der Waals surface area contributed by atoms with Crippen molar-refractivity contribution in [2.45, 2.75) is 5.41 Å². The average molecular weight is 582 g/mol. The first kappa shape index (κ1) is 24.1. The molecule has 0 saturated heterocycles. The van der Waals surface area contributed by atoms with Crippen LogP contribution in [0.5, 0.6) is 0 Å². The van der Waals surface area contributed by atoms with Crippen molar-refractivity contribution in [1.29, 1.82) is 0 Å². The van der Waals surface area contributed by atoms with Gasteiger partial charge in [0.05, 0.1) is 33.0 Å². The zero-order valence-corrected chi connectivity index (χ0v) is 24.6. The monoisotopic (exact) mass is 581 g/mol. The Bertz CT molecular complexity index is 2770. The highest BCUT2D eigenvalue weighted by atomic mass is 15.0. The number of benzene rings is 6. The summed E-state index contributed by atoms with van der Waals surface area (Å²) in [6, 6.07) is 55.4. The number of pyridine rings is 1. The lowest BCUT2D eigenvalue weighted by Gasteiger charge is -2.39. The van der Waals surface area contributed by atoms with Crippen LogP contribution in [0.4, 0.5) is 0 Å². The molecule has 0 saturated carbocycles. The molecule has 6 aromatic carbocycles. The first-order chi connectivity index (χ1) is 22.8. The third-order valence-corrected chi connectivity index (χ3v) is 10.3. The lowest BCUT2D eigenvalue weighted by Crippen LogP contribution is -2.33. The fourth-order valence-corrected chi connectivity index (χ4v) is 8.46. The molecule has 210 valence electrons. The van der Waals surface area contributed by atoms with E-state index in [-0.39, 0.29) is 0 Å². The second kappa shape index (κ2) is 8.47. The van der Waals surface area contributed by atoms with Gasteiger partial charge in [0.15, 0.2) is 0 Å². The van der Waals surface area contributed by atoms with Gasteiger partial charge in [0.2, 0.25) is 0 Å². The normalized spacial score (nSPS) is 15.7. The number of hydrogen-bond donors (Lipinski definition) is 0. The molecule has 0 N–H and O–H groups in total. The highest BCUT2D eigenvalue weighted by Gasteiger charge is 2.50. The van der Waals surface area contributed by atoms with Gasteiger partial charge in [-0.1, -0.05) is 109 Å². The summed E-state index contributed by atoms with van der Waals surface area (Å²) in [6.07, 6.45) is 1.83. The van der Waals surface area contributed by atoms with Crippen LogP contribution >= 0.6 is 0 Å². The molecular weight excluding hydrogens is 558 g/mol. The molecule has 1 spiro atoms. The molecule has 0 bridgehead atoms. The Kier molecular flexibility index (Phi) is 4.44. The minimum atomic E-state index is -0.503. The largest absolute Gasteiger partial charge is 0.309 e. The zero-order chi connectivity index (χ0) is 30.0. The summed E-state index contributed by atoms with van der Waals surface area (Å²) in [7, 11) is 0. The van der Waals surface area contributed by atoms with E-state index in [0.29, 0.717) is 0 Å². The van der Waals surface area contributed by atoms with E-state index in [1.165, 1.54) is 60.9 Å². The topological polar surface area (TPSA) is 30.7 Å². The summed E-state index contributed by atoms with van der Waals surface area (Å²) >= 11 is 0. The van der Waals surface area contributed by atoms with Crippen molar-refractivity contribution in [1.82, 2.24) is 14.5 Å². The lowest BCUT2D eigenvalue weighted by atomic mass is 9.65. The van der Waals surface area contributed by atoms with Crippen LogP contribution < -0.4 is 0 Å². The summed E-state index contributed by atoms with van der Waals surface area (Å²) in [5.41, 5.74) is 14.5. The number of rotatable bonds is 1. The molecule has 1 atom stereocenters. The molecule has 2 aliphatic rings. The molecule has 3 aromatic heterocycles. The third-order valence-electron chi connectivity index (χ3n) is 10.3. The molecule has 0 fully saturated rings. The number of nitrogens with zero attached hydrogens (tertiary/aromatic N) is 3. The van der Waals surface area contributed by atoms with Gasteiger partial charge in [0, 0.05) is 27.9 Å². The minimum Gasteiger partial charge on any atom is -0.309 e. The van der Waals surface area contributed by atoms with E-state index in [1.807, 2.05) is 12.3 Å². The second-order valence-electron chi connectivity index (χ2n) is 12.4. The maximum Gasteiger partial charge on any atom is 0.121 e. The van der Waals surface area contributed by atoms with Gasteiger partial charge >= 0.3 is 0 Å². The van der Waals surface area contributed by atoms with E-state index in [4.69, 9.17) is 4.98 Å². The fourth-order valence-electron chi connectivity index (χ4n) is 8.46. The van der Waals surface area contributed by atoms with Crippen LogP contribution in [-0.4, -0.2) is 14.5 Å². The first-order valence-corrected chi connectivity index (χ1v) is 15.7. The van der Waals surface area contributed by atoms with Crippen molar-refractivity contribution in [2.75, 3.05) is 0 Å². The molecule has 4 heterocycles. The molecule has 0 radical (unpaired) electrons. The van der Waals surface area contributed by atoms with Gasteiger partial charge in [0.1, 0.15) is 11.2 Å². The van der Waals surface area contributed by atoms with Gasteiger partial charge in [0.25, 0.3) is 0 Å². The van der Waals surface area contributed by atoms with E-state index >= 15 is 0 Å². The van der Waals surface area contributed by atoms with E-state index in [9.17, 15) is 0 Å². The van der Waals surface area contributed by atoms with Crippen LogP contribution in [0.15, 0.2) is 140 Å². The molecular formula is C43H23N3. The standard InChI is InChI=1S/C43H23N3/c1-3-13-33-29(10-1)30-22-20-28(37-23-21-27-19-18-26-9-8-24-44-40(26)41(27)45-37)25-36(30)43(33)34-14-4-6-17-39(34)46-38-16-5-2-11-31(38)32-12-7-15-35(43)42(32)46/h1-20,22,24-25H. The van der Waals surface area contributed by atoms with Crippen molar-refractivity contribution >= 4 is 43.6 Å². The van der Waals surface area contributed by atoms with Crippen LogP contribution in [0.25, 0.3) is 71.7 Å². The van der Waals surface area contributed by atoms with Gasteiger partial charge in [-0.05, 0) is 69.8 Å². The summed E-state index contributed by atoms with van der Waals surface area (Å²) in [5.74, 6) is 0. The fraction of sp³-hybridized carbons (Fsp3) is 0.0233. The van der Waals surface area contributed by atoms with Gasteiger partial charge in [-0.3, -0.25) is 4.98 Å². The van der Waals surface area contributed by atoms with Gasteiger partial charge in [-0.25, -0.2) is 4.98 Å². The van der Waals surface area contributed by atoms with E-state index in [1.54, 1.807) is 0 Å². The molecule has 3 heteroatoms. The van der Waals surface area contributed by atoms with Crippen molar-refractivity contribution in [3.8, 4) is 28.1 Å². The molecule has 11 rings (SSSR count). The summed E-state index contributed by atoms with van der Waals surface area (Å²) in [5, 5.41) is 4.54. The minimum absolute atomic E-state index is 0.503. The maximum absolute atomic E-state index is 5.18. The summed E-state index contributed by atoms with van der Waals surface area (Å²) in [4.78, 5) is 9.86. The zero-order valence-electron chi connectivity index (χ0n) is 24.6. The Hall–Kier alpha value is -6.24. The van der Waals surface area contributed by atoms with Crippen molar-refractivity contribution in [3.05, 3.63) is 174 Å². The molecule has 1 aliphatic heterocycles. The SMILES string of the molecule is c1c(-c2ccc3c(c2)C2(c4ccccc4-3)c3ccccc3-n3c4ccccc4c4cccc2c43)nc2c(c#1)ccc1cccnc12. The average Bonchev–Trinajstić information content (AvgIpc) is 3.62. The predicted octanol–water partition coefficient (Wildman–Crippen LogP) is 9.82. The second-order valence-corrected chi connectivity index (χ2v) is 12.4. The quantitative estimate of drug-likeness (QED) is 0.193. The summed E-state index contributed by atoms with van der Waals surface area (Å²) in [6.45, 7) is 0. The smallest absolute Gasteiger partial charge is 0.121 e. The van der Waals surface area contributed by atoms with Crippen LogP contribution in [0.2, 0.25) is 0 Å². The number of aromatic nitrogens is 3. The number of fused-ring (bicyclic) bond motifs is 15. The molecule has 46 heavy (non-hydrogen) atoms. The Balaban J connectivity index is 1.27. The Morgan fingerprint density at radius 3 is 2.35 bits per heavy atom. The molecule has 1 unspecified atom stereocenters. The van der Waals surface area contributed by atoms with Crippen LogP contribution in [0.3, 0.4) is 0 Å². The molecule has 1 aliphatic carbocycles. The van der Waals surface area contributed by atoms with E-state index < -0.39 is 5.41 Å². The molecule has 3 nitrogen and oxygen atoms in total. The van der Waals surface area contributed by atoms with Crippen LogP contribution in [-0.2, 0) is 5.41 Å². The summed E-state index contributed by atoms with van der Waals surface area (Å²) < 4.78 is 2.48. The lowest BCUT2D eigenvalue weighted by molar-refractivity contribution is 0.748. The number of para-hydroxylation sites is 3. The predicted molar refractivity (Wildman–Crippen MR) is 185 cm³/mol. The highest BCUT2D eigenvalue weighted by molar-refractivity contribution is 6.13. The highest BCUT2D eigenvalue weighted by Crippen LogP contribution is 2.61. The molecule has 9 aromatic rings. The Morgan fingerprint density at radius 2 is 1.37 bits per heavy atom. The van der Waals surface area contributed by atoms with Gasteiger partial charge in [-0.2, -0.15) is 0 Å². The van der Waals surface area contributed by atoms with Gasteiger partial charge < -0.3 is 4.57 Å². The molecule has 0 amide bonds. The third kappa shape index (κ3) is 2.81. The Labute approximate surface area is 265 Å². The first-order valence-electron chi connectivity index (χ1n) is 15.7. The maximum atomic E-state index is 5.18. The van der Waals surface area contributed by atoms with Gasteiger partial charge in [-0.15, -0.1) is 0 Å². The van der Waals surface area contributed by atoms with E-state index in [2.05, 4.69) is 149 Å². The Morgan fingerprint density at radius 1 is 0.565 bits per heavy atom. The number of hydrogen-bond acceptors (Lipinski definition) is 2. The van der Waals surface area contributed by atoms with Crippen molar-refractivity contribution in [2.24, 2.45) is 0 Å². The van der Waals surface area contributed by atoms with Crippen molar-refractivity contribution < 1.29 is 0 Å².